The number of hydrogen-bond donors (Lipinski definition) is 0. The molecule has 0 spiro atoms. The number of fused-ring (bicyclic) bond motifs is 1. The van der Waals surface area contributed by atoms with E-state index in [1.165, 1.54) is 22.0 Å². The van der Waals surface area contributed by atoms with Gasteiger partial charge < -0.3 is 4.57 Å². The SMILES string of the molecule is C=Cc1c(/C=C\C)c2cc(C3=C=CC=C3)ccc2n1C. The van der Waals surface area contributed by atoms with Crippen LogP contribution < -0.4 is 0 Å². The van der Waals surface area contributed by atoms with E-state index in [1.807, 2.05) is 25.2 Å². The zero-order valence-electron chi connectivity index (χ0n) is 11.9. The molecule has 1 aliphatic rings. The van der Waals surface area contributed by atoms with Gasteiger partial charge in [0.25, 0.3) is 0 Å². The van der Waals surface area contributed by atoms with Crippen molar-refractivity contribution in [3.63, 3.8) is 0 Å². The number of hydrogen-bond acceptors (Lipinski definition) is 0. The zero-order chi connectivity index (χ0) is 14.1. The van der Waals surface area contributed by atoms with Gasteiger partial charge in [-0.25, -0.2) is 0 Å². The lowest BCUT2D eigenvalue weighted by molar-refractivity contribution is 0.953. The lowest BCUT2D eigenvalue weighted by atomic mass is 10.0. The van der Waals surface area contributed by atoms with E-state index in [0.29, 0.717) is 0 Å². The molecule has 1 nitrogen and oxygen atoms in total. The first-order valence-corrected chi connectivity index (χ1v) is 6.77. The largest absolute Gasteiger partial charge is 0.344 e. The Balaban J connectivity index is 2.33. The Hall–Kier alpha value is -2.50. The number of rotatable bonds is 3. The van der Waals surface area contributed by atoms with Gasteiger partial charge in [-0.2, -0.15) is 0 Å². The topological polar surface area (TPSA) is 4.93 Å². The summed E-state index contributed by atoms with van der Waals surface area (Å²) in [4.78, 5) is 0. The Bertz CT molecular complexity index is 819. The van der Waals surface area contributed by atoms with Gasteiger partial charge in [-0.05, 0) is 42.8 Å². The van der Waals surface area contributed by atoms with Gasteiger partial charge in [-0.15, -0.1) is 5.73 Å². The summed E-state index contributed by atoms with van der Waals surface area (Å²) in [7, 11) is 2.08. The van der Waals surface area contributed by atoms with E-state index in [1.54, 1.807) is 0 Å². The van der Waals surface area contributed by atoms with Crippen LogP contribution in [0.3, 0.4) is 0 Å². The van der Waals surface area contributed by atoms with Crippen LogP contribution in [-0.4, -0.2) is 4.57 Å². The maximum Gasteiger partial charge on any atom is 0.0489 e. The molecule has 0 amide bonds. The molecule has 0 N–H and O–H groups in total. The summed E-state index contributed by atoms with van der Waals surface area (Å²) in [6.07, 6.45) is 12.2. The molecule has 0 saturated carbocycles. The molecule has 1 heterocycles. The maximum absolute atomic E-state index is 3.94. The molecule has 0 bridgehead atoms. The van der Waals surface area contributed by atoms with Crippen LogP contribution in [0.1, 0.15) is 23.7 Å². The molecule has 0 fully saturated rings. The molecular weight excluding hydrogens is 242 g/mol. The third-order valence-corrected chi connectivity index (χ3v) is 3.72. The number of benzene rings is 1. The van der Waals surface area contributed by atoms with E-state index >= 15 is 0 Å². The molecule has 0 saturated heterocycles. The maximum atomic E-state index is 3.94. The lowest BCUT2D eigenvalue weighted by Gasteiger charge is -2.01. The molecule has 3 rings (SSSR count). The van der Waals surface area contributed by atoms with Gasteiger partial charge in [0.1, 0.15) is 0 Å². The Morgan fingerprint density at radius 1 is 1.30 bits per heavy atom. The molecule has 0 aliphatic heterocycles. The van der Waals surface area contributed by atoms with Crippen molar-refractivity contribution < 1.29 is 0 Å². The highest BCUT2D eigenvalue weighted by atomic mass is 14.9. The zero-order valence-corrected chi connectivity index (χ0v) is 11.9. The minimum absolute atomic E-state index is 1.14. The van der Waals surface area contributed by atoms with E-state index in [2.05, 4.69) is 60.4 Å². The van der Waals surface area contributed by atoms with E-state index in [0.717, 1.165) is 11.3 Å². The lowest BCUT2D eigenvalue weighted by Crippen LogP contribution is -1.90. The van der Waals surface area contributed by atoms with Crippen LogP contribution in [-0.2, 0) is 7.05 Å². The first kappa shape index (κ1) is 12.5. The highest BCUT2D eigenvalue weighted by molar-refractivity contribution is 5.96. The second-order valence-corrected chi connectivity index (χ2v) is 4.88. The monoisotopic (exact) mass is 259 g/mol. The summed E-state index contributed by atoms with van der Waals surface area (Å²) in [5.41, 5.74) is 9.21. The first-order chi connectivity index (χ1) is 9.76. The molecule has 0 unspecified atom stereocenters. The number of aromatic nitrogens is 1. The normalized spacial score (nSPS) is 13.6. The number of aryl methyl sites for hydroxylation is 1. The highest BCUT2D eigenvalue weighted by Crippen LogP contribution is 2.30. The van der Waals surface area contributed by atoms with Crippen molar-refractivity contribution in [3.8, 4) is 0 Å². The van der Waals surface area contributed by atoms with Crippen LogP contribution in [0.5, 0.6) is 0 Å². The first-order valence-electron chi connectivity index (χ1n) is 6.77. The van der Waals surface area contributed by atoms with E-state index in [-0.39, 0.29) is 0 Å². The van der Waals surface area contributed by atoms with Crippen LogP contribution in [0.15, 0.2) is 54.8 Å². The average Bonchev–Trinajstić information content (AvgIpc) is 3.07. The standard InChI is InChI=1S/C19H17N/c1-4-8-16-17-13-15(14-9-6-7-10-14)11-12-19(17)20(3)18(16)5-2/h4-9,11-13H,2H2,1,3H3/b8-4-. The van der Waals surface area contributed by atoms with Gasteiger partial charge in [-0.3, -0.25) is 0 Å². The van der Waals surface area contributed by atoms with Crippen molar-refractivity contribution in [2.45, 2.75) is 6.92 Å². The van der Waals surface area contributed by atoms with Gasteiger partial charge >= 0.3 is 0 Å². The van der Waals surface area contributed by atoms with E-state index in [4.69, 9.17) is 0 Å². The fourth-order valence-corrected chi connectivity index (χ4v) is 2.76. The van der Waals surface area contributed by atoms with Crippen molar-refractivity contribution in [2.75, 3.05) is 0 Å². The summed E-state index contributed by atoms with van der Waals surface area (Å²) in [5.74, 6) is 0. The molecule has 20 heavy (non-hydrogen) atoms. The molecule has 98 valence electrons. The number of nitrogens with zero attached hydrogens (tertiary/aromatic N) is 1. The van der Waals surface area contributed by atoms with Crippen molar-refractivity contribution >= 4 is 28.6 Å². The summed E-state index contributed by atoms with van der Waals surface area (Å²) < 4.78 is 2.19. The number of allylic oxidation sites excluding steroid dienone is 4. The molecule has 0 radical (unpaired) electrons. The van der Waals surface area contributed by atoms with Gasteiger partial charge in [0.15, 0.2) is 0 Å². The molecule has 1 aromatic carbocycles. The predicted octanol–water partition coefficient (Wildman–Crippen LogP) is 4.96. The van der Waals surface area contributed by atoms with Crippen LogP contribution in [0, 0.1) is 0 Å². The van der Waals surface area contributed by atoms with Crippen LogP contribution in [0.25, 0.3) is 28.6 Å². The van der Waals surface area contributed by atoms with Crippen LogP contribution in [0.4, 0.5) is 0 Å². The molecule has 2 aromatic rings. The Morgan fingerprint density at radius 3 is 2.80 bits per heavy atom. The average molecular weight is 259 g/mol. The third-order valence-electron chi connectivity index (χ3n) is 3.72. The van der Waals surface area contributed by atoms with Gasteiger partial charge in [-0.1, -0.05) is 30.9 Å². The van der Waals surface area contributed by atoms with E-state index < -0.39 is 0 Å². The molecular formula is C19H17N. The van der Waals surface area contributed by atoms with E-state index in [9.17, 15) is 0 Å². The quantitative estimate of drug-likeness (QED) is 0.686. The summed E-state index contributed by atoms with van der Waals surface area (Å²) in [6, 6.07) is 6.56. The Morgan fingerprint density at radius 2 is 2.15 bits per heavy atom. The fraction of sp³-hybridized carbons (Fsp3) is 0.105. The van der Waals surface area contributed by atoms with Crippen molar-refractivity contribution in [2.24, 2.45) is 7.05 Å². The Labute approximate surface area is 119 Å². The van der Waals surface area contributed by atoms with Crippen LogP contribution >= 0.6 is 0 Å². The third kappa shape index (κ3) is 1.80. The Kier molecular flexibility index (Phi) is 3.06. The van der Waals surface area contributed by atoms with Gasteiger partial charge in [0.2, 0.25) is 0 Å². The van der Waals surface area contributed by atoms with Gasteiger partial charge in [0, 0.05) is 34.8 Å². The van der Waals surface area contributed by atoms with Crippen molar-refractivity contribution in [1.29, 1.82) is 0 Å². The fourth-order valence-electron chi connectivity index (χ4n) is 2.76. The van der Waals surface area contributed by atoms with Gasteiger partial charge in [0.05, 0.1) is 0 Å². The van der Waals surface area contributed by atoms with Crippen LogP contribution in [0.2, 0.25) is 0 Å². The minimum atomic E-state index is 1.14. The molecule has 1 aliphatic carbocycles. The molecule has 0 atom stereocenters. The summed E-state index contributed by atoms with van der Waals surface area (Å²) in [5, 5.41) is 1.26. The minimum Gasteiger partial charge on any atom is -0.344 e. The molecule has 1 heteroatoms. The van der Waals surface area contributed by atoms with Crippen molar-refractivity contribution in [3.05, 3.63) is 71.6 Å². The van der Waals surface area contributed by atoms with Crippen molar-refractivity contribution in [1.82, 2.24) is 4.57 Å². The smallest absolute Gasteiger partial charge is 0.0489 e. The highest BCUT2D eigenvalue weighted by Gasteiger charge is 2.12. The predicted molar refractivity (Wildman–Crippen MR) is 88.3 cm³/mol. The second kappa shape index (κ2) is 4.88. The second-order valence-electron chi connectivity index (χ2n) is 4.88. The summed E-state index contributed by atoms with van der Waals surface area (Å²) >= 11 is 0. The molecule has 1 aromatic heterocycles. The summed E-state index contributed by atoms with van der Waals surface area (Å²) in [6.45, 7) is 5.98.